The van der Waals surface area contributed by atoms with Crippen molar-refractivity contribution in [3.05, 3.63) is 98.7 Å². The number of carbonyl (C=O) groups excluding carboxylic acids is 2. The Kier molecular flexibility index (Phi) is 8.76. The van der Waals surface area contributed by atoms with Crippen LogP contribution in [0.4, 0.5) is 4.39 Å². The van der Waals surface area contributed by atoms with E-state index in [1.54, 1.807) is 34.9 Å². The van der Waals surface area contributed by atoms with Crippen LogP contribution in [0, 0.1) is 5.82 Å². The molecule has 198 valence electrons. The molecule has 5 rings (SSSR count). The van der Waals surface area contributed by atoms with Crippen LogP contribution in [0.2, 0.25) is 0 Å². The molecule has 3 aliphatic rings. The lowest BCUT2D eigenvalue weighted by atomic mass is 10.1. The number of rotatable bonds is 8. The van der Waals surface area contributed by atoms with E-state index in [2.05, 4.69) is 22.4 Å². The highest BCUT2D eigenvalue weighted by atomic mass is 32.2. The van der Waals surface area contributed by atoms with E-state index in [1.807, 2.05) is 30.3 Å². The number of amides is 2. The summed E-state index contributed by atoms with van der Waals surface area (Å²) in [5.74, 6) is -0.408. The zero-order valence-electron chi connectivity index (χ0n) is 21.6. The van der Waals surface area contributed by atoms with Gasteiger partial charge in [-0.05, 0) is 86.5 Å². The first-order valence-corrected chi connectivity index (χ1v) is 14.3. The topological polar surface area (TPSA) is 52.7 Å². The van der Waals surface area contributed by atoms with Crippen LogP contribution in [0.25, 0.3) is 6.08 Å². The molecule has 0 spiro atoms. The fourth-order valence-corrected chi connectivity index (χ4v) is 6.29. The number of thioether (sulfide) groups is 1. The lowest BCUT2D eigenvalue weighted by Gasteiger charge is -2.26. The summed E-state index contributed by atoms with van der Waals surface area (Å²) in [6, 6.07) is 14.1. The van der Waals surface area contributed by atoms with E-state index in [-0.39, 0.29) is 30.6 Å². The summed E-state index contributed by atoms with van der Waals surface area (Å²) in [5, 5.41) is 3.02. The molecule has 0 aromatic heterocycles. The smallest absolute Gasteiger partial charge is 0.251 e. The van der Waals surface area contributed by atoms with E-state index in [0.29, 0.717) is 17.7 Å². The van der Waals surface area contributed by atoms with Gasteiger partial charge in [-0.1, -0.05) is 54.2 Å². The van der Waals surface area contributed by atoms with Crippen molar-refractivity contribution >= 4 is 29.7 Å². The molecular weight excluding hydrogens is 497 g/mol. The predicted molar refractivity (Wildman–Crippen MR) is 152 cm³/mol. The summed E-state index contributed by atoms with van der Waals surface area (Å²) in [6.07, 6.45) is 11.8. The fraction of sp³-hybridized carbons (Fsp3) is 0.355. The summed E-state index contributed by atoms with van der Waals surface area (Å²) < 4.78 is 14.4. The average Bonchev–Trinajstić information content (AvgIpc) is 3.41. The standard InChI is InChI=1S/C31H34FN3O2S/c32-27-9-2-1-8-25(27)22-35-28-10-3-4-11-29(28)38-26(21-30(35)36)20-23-12-14-24(15-13-23)31(37)33-16-7-19-34-17-5-6-18-34/h1-2,8-15,20H,3-7,16-19,21-22H2,(H,33,37). The Morgan fingerprint density at radius 3 is 2.58 bits per heavy atom. The van der Waals surface area contributed by atoms with Gasteiger partial charge in [-0.25, -0.2) is 4.39 Å². The Balaban J connectivity index is 1.24. The van der Waals surface area contributed by atoms with Gasteiger partial charge in [0, 0.05) is 22.6 Å². The molecule has 5 nitrogen and oxygen atoms in total. The summed E-state index contributed by atoms with van der Waals surface area (Å²) in [4.78, 5) is 32.1. The Labute approximate surface area is 228 Å². The van der Waals surface area contributed by atoms with Crippen molar-refractivity contribution in [3.63, 3.8) is 0 Å². The second-order valence-electron chi connectivity index (χ2n) is 9.98. The van der Waals surface area contributed by atoms with E-state index in [9.17, 15) is 14.0 Å². The summed E-state index contributed by atoms with van der Waals surface area (Å²) in [7, 11) is 0. The van der Waals surface area contributed by atoms with E-state index in [0.717, 1.165) is 46.9 Å². The number of allylic oxidation sites excluding steroid dienone is 2. The number of benzene rings is 2. The molecule has 0 radical (unpaired) electrons. The number of carbonyl (C=O) groups is 2. The number of fused-ring (bicyclic) bond motifs is 1. The molecule has 2 aromatic carbocycles. The van der Waals surface area contributed by atoms with Crippen LogP contribution in [0.1, 0.15) is 60.0 Å². The van der Waals surface area contributed by atoms with E-state index < -0.39 is 0 Å². The maximum Gasteiger partial charge on any atom is 0.251 e. The maximum absolute atomic E-state index is 14.4. The lowest BCUT2D eigenvalue weighted by molar-refractivity contribution is -0.128. The highest BCUT2D eigenvalue weighted by Gasteiger charge is 2.29. The van der Waals surface area contributed by atoms with Crippen molar-refractivity contribution in [1.82, 2.24) is 15.1 Å². The molecule has 2 fully saturated rings. The highest BCUT2D eigenvalue weighted by molar-refractivity contribution is 8.07. The monoisotopic (exact) mass is 531 g/mol. The molecule has 2 amide bonds. The number of hydrogen-bond acceptors (Lipinski definition) is 4. The van der Waals surface area contributed by atoms with E-state index in [4.69, 9.17) is 0 Å². The van der Waals surface area contributed by atoms with E-state index in [1.165, 1.54) is 32.0 Å². The molecule has 2 heterocycles. The minimum absolute atomic E-state index is 0.0477. The third-order valence-electron chi connectivity index (χ3n) is 7.17. The number of nitrogens with zero attached hydrogens (tertiary/aromatic N) is 2. The second kappa shape index (κ2) is 12.6. The summed E-state index contributed by atoms with van der Waals surface area (Å²) >= 11 is 1.60. The van der Waals surface area contributed by atoms with Crippen molar-refractivity contribution in [3.8, 4) is 0 Å². The predicted octanol–water partition coefficient (Wildman–Crippen LogP) is 6.11. The third-order valence-corrected chi connectivity index (χ3v) is 8.29. The van der Waals surface area contributed by atoms with Crippen LogP contribution in [-0.4, -0.2) is 47.8 Å². The van der Waals surface area contributed by atoms with Crippen molar-refractivity contribution in [2.45, 2.75) is 45.1 Å². The molecule has 1 N–H and O–H groups in total. The van der Waals surface area contributed by atoms with Crippen LogP contribution in [-0.2, 0) is 11.3 Å². The quantitative estimate of drug-likeness (QED) is 0.418. The molecule has 2 saturated heterocycles. The minimum atomic E-state index is -0.300. The van der Waals surface area contributed by atoms with Gasteiger partial charge in [0.1, 0.15) is 5.82 Å². The Bertz CT molecular complexity index is 1260. The molecule has 1 aliphatic carbocycles. The number of likely N-dealkylation sites (tertiary alicyclic amines) is 1. The molecule has 0 saturated carbocycles. The number of nitrogens with one attached hydrogen (secondary N) is 1. The zero-order valence-corrected chi connectivity index (χ0v) is 22.4. The first kappa shape index (κ1) is 26.4. The van der Waals surface area contributed by atoms with Crippen molar-refractivity contribution < 1.29 is 14.0 Å². The van der Waals surface area contributed by atoms with Crippen LogP contribution < -0.4 is 5.32 Å². The molecule has 2 aromatic rings. The van der Waals surface area contributed by atoms with Gasteiger partial charge >= 0.3 is 0 Å². The van der Waals surface area contributed by atoms with E-state index >= 15 is 0 Å². The Morgan fingerprint density at radius 1 is 1.03 bits per heavy atom. The molecule has 38 heavy (non-hydrogen) atoms. The van der Waals surface area contributed by atoms with Crippen LogP contribution in [0.5, 0.6) is 0 Å². The van der Waals surface area contributed by atoms with Gasteiger partial charge in [-0.3, -0.25) is 9.59 Å². The SMILES string of the molecule is O=C(NCCCN1CCCC1)c1ccc(C=C2CC(=O)N(Cc3ccccc3F)C3=CCCC=C3S2)cc1. The van der Waals surface area contributed by atoms with Gasteiger partial charge < -0.3 is 15.1 Å². The maximum atomic E-state index is 14.4. The van der Waals surface area contributed by atoms with Crippen molar-refractivity contribution in [2.75, 3.05) is 26.2 Å². The second-order valence-corrected chi connectivity index (χ2v) is 11.1. The Morgan fingerprint density at radius 2 is 1.79 bits per heavy atom. The minimum Gasteiger partial charge on any atom is -0.352 e. The molecule has 0 unspecified atom stereocenters. The fourth-order valence-electron chi connectivity index (χ4n) is 5.11. The number of halogens is 1. The van der Waals surface area contributed by atoms with Gasteiger partial charge in [0.25, 0.3) is 5.91 Å². The largest absolute Gasteiger partial charge is 0.352 e. The normalized spacial score (nSPS) is 19.1. The third kappa shape index (κ3) is 6.63. The van der Waals surface area contributed by atoms with Crippen LogP contribution >= 0.6 is 11.8 Å². The van der Waals surface area contributed by atoms with Gasteiger partial charge in [0.15, 0.2) is 0 Å². The summed E-state index contributed by atoms with van der Waals surface area (Å²) in [5.41, 5.74) is 2.95. The Hall–Kier alpha value is -3.16. The first-order valence-electron chi connectivity index (χ1n) is 13.5. The van der Waals surface area contributed by atoms with Crippen molar-refractivity contribution in [1.29, 1.82) is 0 Å². The molecule has 7 heteroatoms. The highest BCUT2D eigenvalue weighted by Crippen LogP contribution is 2.42. The zero-order chi connectivity index (χ0) is 26.3. The lowest BCUT2D eigenvalue weighted by Crippen LogP contribution is -2.29. The van der Waals surface area contributed by atoms with Gasteiger partial charge in [-0.15, -0.1) is 0 Å². The molecule has 0 atom stereocenters. The van der Waals surface area contributed by atoms with Gasteiger partial charge in [0.05, 0.1) is 18.7 Å². The summed E-state index contributed by atoms with van der Waals surface area (Å²) in [6.45, 7) is 4.27. The van der Waals surface area contributed by atoms with Crippen LogP contribution in [0.15, 0.2) is 76.2 Å². The molecule has 0 bridgehead atoms. The van der Waals surface area contributed by atoms with Crippen LogP contribution in [0.3, 0.4) is 0 Å². The number of hydrogen-bond donors (Lipinski definition) is 1. The van der Waals surface area contributed by atoms with Crippen molar-refractivity contribution in [2.24, 2.45) is 0 Å². The van der Waals surface area contributed by atoms with Gasteiger partial charge in [0.2, 0.25) is 5.91 Å². The molecular formula is C31H34FN3O2S. The molecule has 2 aliphatic heterocycles. The first-order chi connectivity index (χ1) is 18.6. The van der Waals surface area contributed by atoms with Gasteiger partial charge in [-0.2, -0.15) is 0 Å². The average molecular weight is 532 g/mol.